The fourth-order valence-electron chi connectivity index (χ4n) is 1.91. The van der Waals surface area contributed by atoms with E-state index in [0.717, 1.165) is 18.8 Å². The van der Waals surface area contributed by atoms with Crippen molar-refractivity contribution in [2.24, 2.45) is 0 Å². The van der Waals surface area contributed by atoms with Crippen LogP contribution in [0, 0.1) is 0 Å². The third-order valence-electron chi connectivity index (χ3n) is 3.74. The average molecular weight is 239 g/mol. The van der Waals surface area contributed by atoms with Crippen LogP contribution in [0.2, 0.25) is 0 Å². The normalized spacial score (nSPS) is 14.3. The van der Waals surface area contributed by atoms with E-state index in [9.17, 15) is 0 Å². The number of nitrogens with one attached hydrogen (secondary N) is 1. The van der Waals surface area contributed by atoms with Crippen molar-refractivity contribution in [1.29, 1.82) is 0 Å². The molecule has 0 amide bonds. The summed E-state index contributed by atoms with van der Waals surface area (Å²) in [5.74, 6) is 1.04. The number of hydrogen-bond donors (Lipinski definition) is 1. The summed E-state index contributed by atoms with van der Waals surface area (Å²) < 4.78 is 1.95. The molecule has 0 fully saturated rings. The molecule has 0 bridgehead atoms. The molecule has 1 rings (SSSR count). The van der Waals surface area contributed by atoms with Gasteiger partial charge in [0.2, 0.25) is 0 Å². The van der Waals surface area contributed by atoms with Gasteiger partial charge < -0.3 is 10.2 Å². The Balaban J connectivity index is 2.84. The monoisotopic (exact) mass is 239 g/mol. The number of aryl methyl sites for hydroxylation is 1. The first-order valence-corrected chi connectivity index (χ1v) is 6.14. The standard InChI is InChI=1S/C12H25N5/c1-7-17-11(14-9-15-17)8-10(13-4)12(2,3)16(5)6/h9-10,13H,7-8H2,1-6H3. The van der Waals surface area contributed by atoms with Crippen molar-refractivity contribution in [3.8, 4) is 0 Å². The topological polar surface area (TPSA) is 46.0 Å². The largest absolute Gasteiger partial charge is 0.315 e. The highest BCUT2D eigenvalue weighted by molar-refractivity contribution is 4.98. The number of hydrogen-bond acceptors (Lipinski definition) is 4. The number of likely N-dealkylation sites (N-methyl/N-ethyl adjacent to an activating group) is 2. The minimum absolute atomic E-state index is 0.0687. The van der Waals surface area contributed by atoms with Crippen LogP contribution in [-0.2, 0) is 13.0 Å². The molecule has 1 aromatic heterocycles. The highest BCUT2D eigenvalue weighted by Crippen LogP contribution is 2.18. The van der Waals surface area contributed by atoms with Gasteiger partial charge in [0.05, 0.1) is 0 Å². The van der Waals surface area contributed by atoms with Crippen LogP contribution in [-0.4, -0.2) is 52.4 Å². The van der Waals surface area contributed by atoms with Crippen molar-refractivity contribution in [1.82, 2.24) is 25.0 Å². The minimum Gasteiger partial charge on any atom is -0.315 e. The summed E-state index contributed by atoms with van der Waals surface area (Å²) in [7, 11) is 6.21. The van der Waals surface area contributed by atoms with Gasteiger partial charge in [-0.25, -0.2) is 4.98 Å². The van der Waals surface area contributed by atoms with Gasteiger partial charge in [-0.2, -0.15) is 5.10 Å². The maximum atomic E-state index is 4.34. The molecule has 17 heavy (non-hydrogen) atoms. The smallest absolute Gasteiger partial charge is 0.138 e. The van der Waals surface area contributed by atoms with E-state index in [0.29, 0.717) is 6.04 Å². The molecule has 0 saturated carbocycles. The zero-order valence-electron chi connectivity index (χ0n) is 11.9. The van der Waals surface area contributed by atoms with Crippen molar-refractivity contribution in [3.05, 3.63) is 12.2 Å². The summed E-state index contributed by atoms with van der Waals surface area (Å²) in [4.78, 5) is 6.58. The minimum atomic E-state index is 0.0687. The second-order valence-corrected chi connectivity index (χ2v) is 5.09. The Hall–Kier alpha value is -0.940. The Morgan fingerprint density at radius 2 is 2.12 bits per heavy atom. The first-order chi connectivity index (χ1) is 7.93. The zero-order valence-corrected chi connectivity index (χ0v) is 11.9. The van der Waals surface area contributed by atoms with Gasteiger partial charge in [0.1, 0.15) is 12.2 Å². The molecular weight excluding hydrogens is 214 g/mol. The molecule has 98 valence electrons. The van der Waals surface area contributed by atoms with Crippen molar-refractivity contribution in [3.63, 3.8) is 0 Å². The number of rotatable bonds is 6. The van der Waals surface area contributed by atoms with Crippen molar-refractivity contribution >= 4 is 0 Å². The molecule has 0 spiro atoms. The molecular formula is C12H25N5. The zero-order chi connectivity index (χ0) is 13.1. The number of aromatic nitrogens is 3. The van der Waals surface area contributed by atoms with Gasteiger partial charge in [-0.1, -0.05) is 0 Å². The molecule has 0 aliphatic carbocycles. The van der Waals surface area contributed by atoms with E-state index in [-0.39, 0.29) is 5.54 Å². The molecule has 0 radical (unpaired) electrons. The van der Waals surface area contributed by atoms with Crippen LogP contribution < -0.4 is 5.32 Å². The van der Waals surface area contributed by atoms with Crippen molar-refractivity contribution < 1.29 is 0 Å². The third kappa shape index (κ3) is 3.04. The Morgan fingerprint density at radius 1 is 1.47 bits per heavy atom. The number of nitrogens with zero attached hydrogens (tertiary/aromatic N) is 4. The average Bonchev–Trinajstić information content (AvgIpc) is 2.72. The van der Waals surface area contributed by atoms with E-state index in [1.165, 1.54) is 0 Å². The lowest BCUT2D eigenvalue weighted by Gasteiger charge is -2.40. The van der Waals surface area contributed by atoms with Crippen LogP contribution in [0.3, 0.4) is 0 Å². The summed E-state index contributed by atoms with van der Waals surface area (Å²) >= 11 is 0. The predicted molar refractivity (Wildman–Crippen MR) is 70.0 cm³/mol. The van der Waals surface area contributed by atoms with Crippen LogP contribution in [0.15, 0.2) is 6.33 Å². The van der Waals surface area contributed by atoms with E-state index in [2.05, 4.69) is 55.2 Å². The van der Waals surface area contributed by atoms with Crippen LogP contribution >= 0.6 is 0 Å². The molecule has 1 N–H and O–H groups in total. The van der Waals surface area contributed by atoms with E-state index < -0.39 is 0 Å². The second-order valence-electron chi connectivity index (χ2n) is 5.09. The summed E-state index contributed by atoms with van der Waals surface area (Å²) in [6.45, 7) is 7.43. The first-order valence-electron chi connectivity index (χ1n) is 6.14. The van der Waals surface area contributed by atoms with Crippen LogP contribution in [0.5, 0.6) is 0 Å². The van der Waals surface area contributed by atoms with Crippen molar-refractivity contribution in [2.75, 3.05) is 21.1 Å². The first kappa shape index (κ1) is 14.1. The van der Waals surface area contributed by atoms with E-state index >= 15 is 0 Å². The molecule has 0 aromatic carbocycles. The highest BCUT2D eigenvalue weighted by Gasteiger charge is 2.31. The second kappa shape index (κ2) is 5.60. The van der Waals surface area contributed by atoms with Gasteiger partial charge in [-0.3, -0.25) is 4.68 Å². The summed E-state index contributed by atoms with van der Waals surface area (Å²) in [5, 5.41) is 7.60. The fourth-order valence-corrected chi connectivity index (χ4v) is 1.91. The van der Waals surface area contributed by atoms with E-state index in [1.54, 1.807) is 6.33 Å². The quantitative estimate of drug-likeness (QED) is 0.796. The summed E-state index contributed by atoms with van der Waals surface area (Å²) in [6.07, 6.45) is 2.52. The Kier molecular flexibility index (Phi) is 4.65. The molecule has 0 aliphatic rings. The van der Waals surface area contributed by atoms with Gasteiger partial charge in [0.15, 0.2) is 0 Å². The maximum Gasteiger partial charge on any atom is 0.138 e. The molecule has 1 atom stereocenters. The molecule has 5 nitrogen and oxygen atoms in total. The lowest BCUT2D eigenvalue weighted by atomic mass is 9.90. The molecule has 5 heteroatoms. The summed E-state index contributed by atoms with van der Waals surface area (Å²) in [5.41, 5.74) is 0.0687. The van der Waals surface area contributed by atoms with Gasteiger partial charge in [0.25, 0.3) is 0 Å². The Morgan fingerprint density at radius 3 is 2.59 bits per heavy atom. The lowest BCUT2D eigenvalue weighted by molar-refractivity contribution is 0.140. The van der Waals surface area contributed by atoms with Crippen LogP contribution in [0.1, 0.15) is 26.6 Å². The lowest BCUT2D eigenvalue weighted by Crippen LogP contribution is -2.55. The molecule has 0 saturated heterocycles. The van der Waals surface area contributed by atoms with Gasteiger partial charge in [-0.15, -0.1) is 0 Å². The maximum absolute atomic E-state index is 4.34. The molecule has 1 aromatic rings. The highest BCUT2D eigenvalue weighted by atomic mass is 15.3. The van der Waals surface area contributed by atoms with Gasteiger partial charge in [0, 0.05) is 24.5 Å². The Labute approximate surface area is 104 Å². The third-order valence-corrected chi connectivity index (χ3v) is 3.74. The van der Waals surface area contributed by atoms with Gasteiger partial charge in [-0.05, 0) is 41.9 Å². The van der Waals surface area contributed by atoms with Gasteiger partial charge >= 0.3 is 0 Å². The molecule has 1 unspecified atom stereocenters. The van der Waals surface area contributed by atoms with Crippen molar-refractivity contribution in [2.45, 2.75) is 45.3 Å². The molecule has 1 heterocycles. The van der Waals surface area contributed by atoms with Crippen LogP contribution in [0.25, 0.3) is 0 Å². The van der Waals surface area contributed by atoms with Crippen LogP contribution in [0.4, 0.5) is 0 Å². The van der Waals surface area contributed by atoms with E-state index in [1.807, 2.05) is 11.7 Å². The summed E-state index contributed by atoms with van der Waals surface area (Å²) in [6, 6.07) is 0.340. The fraction of sp³-hybridized carbons (Fsp3) is 0.833. The predicted octanol–water partition coefficient (Wildman–Crippen LogP) is 0.769. The SMILES string of the molecule is CCn1ncnc1CC(NC)C(C)(C)N(C)C. The molecule has 0 aliphatic heterocycles. The Bertz CT molecular complexity index is 342. The van der Waals surface area contributed by atoms with E-state index in [4.69, 9.17) is 0 Å².